The largest absolute Gasteiger partial charge is 0.394 e. The Morgan fingerprint density at radius 1 is 1.68 bits per heavy atom. The van der Waals surface area contributed by atoms with Crippen molar-refractivity contribution >= 4 is 5.91 Å². The predicted molar refractivity (Wildman–Crippen MR) is 61.7 cm³/mol. The van der Waals surface area contributed by atoms with E-state index < -0.39 is 43.4 Å². The molecule has 5 N–H and O–H groups in total. The average Bonchev–Trinajstić information content (AvgIpc) is 2.88. The van der Waals surface area contributed by atoms with Crippen molar-refractivity contribution in [1.82, 2.24) is 9.55 Å². The number of aliphatic hydroxyl groups excluding tert-OH is 3. The summed E-state index contributed by atoms with van der Waals surface area (Å²) in [6, 6.07) is 0. The number of terminal acetylenes is 1. The second kappa shape index (κ2) is 4.99. The van der Waals surface area contributed by atoms with Crippen LogP contribution >= 0.6 is 0 Å². The molecule has 2 rings (SSSR count). The molecule has 1 amide bonds. The van der Waals surface area contributed by atoms with Gasteiger partial charge in [-0.15, -0.1) is 6.42 Å². The van der Waals surface area contributed by atoms with Gasteiger partial charge in [-0.1, -0.05) is 0 Å². The fourth-order valence-corrected chi connectivity index (χ4v) is 1.91. The number of nitrogens with two attached hydrogens (primary N) is 1. The van der Waals surface area contributed by atoms with Crippen molar-refractivity contribution in [2.45, 2.75) is 24.5 Å². The molecule has 1 fully saturated rings. The van der Waals surface area contributed by atoms with E-state index in [9.17, 15) is 15.0 Å². The molecule has 2 heterocycles. The third kappa shape index (κ3) is 2.09. The molecule has 0 aromatic carbocycles. The maximum Gasteiger partial charge on any atom is 0.270 e. The monoisotopic (exact) mass is 269 g/mol. The van der Waals surface area contributed by atoms with Gasteiger partial charge in [0.1, 0.15) is 25.4 Å². The molecule has 8 nitrogen and oxygen atoms in total. The second-order valence-electron chi connectivity index (χ2n) is 4.02. The quantitative estimate of drug-likeness (QED) is 0.451. The first-order chi connectivity index (χ1) is 9.42. The number of aliphatic hydroxyl groups is 3. The number of hydrogen-bond donors (Lipinski definition) is 4. The van der Waals surface area contributed by atoms with E-state index >= 15 is 0 Å². The van der Waals surface area contributed by atoms with Gasteiger partial charge in [-0.2, -0.15) is 0 Å². The van der Waals surface area contributed by atoms with Gasteiger partial charge in [0.2, 0.25) is 0 Å². The second-order valence-corrected chi connectivity index (χ2v) is 4.02. The number of carbonyl (C=O) groups is 1. The normalized spacial score (nSPS) is 30.9. The third-order valence-corrected chi connectivity index (χ3v) is 2.88. The summed E-state index contributed by atoms with van der Waals surface area (Å²) in [6.45, 7) is -0.523. The molecule has 0 aliphatic carbocycles. The minimum absolute atomic E-state index is 0.127. The molecule has 0 unspecified atom stereocenters. The highest BCUT2D eigenvalue weighted by atomic mass is 16.6. The summed E-state index contributed by atoms with van der Waals surface area (Å²) in [4.78, 5) is 14.8. The summed E-state index contributed by atoms with van der Waals surface area (Å²) in [5.74, 6) is 1.24. The van der Waals surface area contributed by atoms with Gasteiger partial charge < -0.3 is 25.8 Å². The first-order valence-electron chi connectivity index (χ1n) is 5.90. The van der Waals surface area contributed by atoms with E-state index in [1.54, 1.807) is 0 Å². The lowest BCUT2D eigenvalue weighted by molar-refractivity contribution is -0.0531. The van der Waals surface area contributed by atoms with E-state index in [4.69, 9.17) is 23.4 Å². The van der Waals surface area contributed by atoms with E-state index in [2.05, 4.69) is 10.9 Å². The Labute approximate surface area is 109 Å². The predicted octanol–water partition coefficient (Wildman–Crippen LogP) is -2.43. The summed E-state index contributed by atoms with van der Waals surface area (Å²) in [5, 5.41) is 28.6. The van der Waals surface area contributed by atoms with Gasteiger partial charge in [0.15, 0.2) is 11.9 Å². The SMILES string of the molecule is [3H]c1nc(C(N)=O)c(C#C)n1[C@@H]1O[C@H](CO)[C@@H](O)[C@H]1O. The van der Waals surface area contributed by atoms with E-state index in [0.717, 1.165) is 4.57 Å². The van der Waals surface area contributed by atoms with Crippen LogP contribution in [0, 0.1) is 12.3 Å². The number of ether oxygens (including phenoxy) is 1. The zero-order valence-electron chi connectivity index (χ0n) is 10.7. The molecule has 19 heavy (non-hydrogen) atoms. The van der Waals surface area contributed by atoms with Gasteiger partial charge in [0.05, 0.1) is 12.9 Å². The number of nitrogens with zero attached hydrogens (tertiary/aromatic N) is 2. The minimum Gasteiger partial charge on any atom is -0.394 e. The summed E-state index contributed by atoms with van der Waals surface area (Å²) in [5.41, 5.74) is 4.68. The van der Waals surface area contributed by atoms with Crippen LogP contribution < -0.4 is 5.73 Å². The Kier molecular flexibility index (Phi) is 3.18. The molecule has 0 spiro atoms. The van der Waals surface area contributed by atoms with Crippen molar-refractivity contribution in [3.63, 3.8) is 0 Å². The Bertz CT molecular complexity index is 581. The van der Waals surface area contributed by atoms with Crippen LogP contribution in [0.25, 0.3) is 0 Å². The van der Waals surface area contributed by atoms with Crippen LogP contribution in [0.5, 0.6) is 0 Å². The molecular formula is C11H13N3O5. The van der Waals surface area contributed by atoms with Crippen LogP contribution in [0.1, 0.15) is 23.8 Å². The first-order valence-corrected chi connectivity index (χ1v) is 5.40. The molecule has 0 radical (unpaired) electrons. The minimum atomic E-state index is -1.43. The van der Waals surface area contributed by atoms with Crippen LogP contribution in [0.3, 0.4) is 0 Å². The number of amides is 1. The Morgan fingerprint density at radius 3 is 2.84 bits per heavy atom. The fourth-order valence-electron chi connectivity index (χ4n) is 1.91. The van der Waals surface area contributed by atoms with Crippen molar-refractivity contribution in [2.24, 2.45) is 5.73 Å². The maximum absolute atomic E-state index is 11.2. The smallest absolute Gasteiger partial charge is 0.270 e. The number of imidazole rings is 1. The average molecular weight is 269 g/mol. The van der Waals surface area contributed by atoms with E-state index in [1.165, 1.54) is 0 Å². The van der Waals surface area contributed by atoms with Crippen molar-refractivity contribution in [3.05, 3.63) is 17.7 Å². The number of primary amides is 1. The van der Waals surface area contributed by atoms with Gasteiger partial charge >= 0.3 is 0 Å². The lowest BCUT2D eigenvalue weighted by Gasteiger charge is -2.17. The topological polar surface area (TPSA) is 131 Å². The molecule has 1 aromatic heterocycles. The zero-order chi connectivity index (χ0) is 15.0. The highest BCUT2D eigenvalue weighted by molar-refractivity contribution is 5.93. The lowest BCUT2D eigenvalue weighted by Crippen LogP contribution is -2.33. The van der Waals surface area contributed by atoms with Gasteiger partial charge in [0.25, 0.3) is 5.91 Å². The Morgan fingerprint density at radius 2 is 2.37 bits per heavy atom. The van der Waals surface area contributed by atoms with Crippen molar-refractivity contribution < 1.29 is 26.2 Å². The fraction of sp³-hybridized carbons (Fsp3) is 0.455. The molecule has 1 aliphatic heterocycles. The summed E-state index contributed by atoms with van der Waals surface area (Å²) in [7, 11) is 0. The van der Waals surface area contributed by atoms with E-state index in [0.29, 0.717) is 0 Å². The number of hydrogen-bond acceptors (Lipinski definition) is 6. The molecule has 0 saturated carbocycles. The van der Waals surface area contributed by atoms with Gasteiger partial charge in [-0.3, -0.25) is 9.36 Å². The molecule has 102 valence electrons. The van der Waals surface area contributed by atoms with Crippen LogP contribution in [0.15, 0.2) is 6.30 Å². The molecular weight excluding hydrogens is 254 g/mol. The van der Waals surface area contributed by atoms with Crippen molar-refractivity contribution in [2.75, 3.05) is 6.61 Å². The van der Waals surface area contributed by atoms with Crippen LogP contribution in [0.4, 0.5) is 0 Å². The van der Waals surface area contributed by atoms with Gasteiger partial charge in [0, 0.05) is 0 Å². The number of aromatic nitrogens is 2. The summed E-state index contributed by atoms with van der Waals surface area (Å²) < 4.78 is 13.9. The van der Waals surface area contributed by atoms with E-state index in [1.807, 2.05) is 0 Å². The van der Waals surface area contributed by atoms with Crippen LogP contribution in [-0.4, -0.2) is 55.7 Å². The zero-order valence-corrected chi connectivity index (χ0v) is 9.72. The highest BCUT2D eigenvalue weighted by Crippen LogP contribution is 2.30. The molecule has 4 atom stereocenters. The molecule has 0 bridgehead atoms. The highest BCUT2D eigenvalue weighted by Gasteiger charge is 2.44. The summed E-state index contributed by atoms with van der Waals surface area (Å²) in [6.07, 6.45) is -0.224. The number of carbonyl (C=O) groups excluding carboxylic acids is 1. The van der Waals surface area contributed by atoms with Crippen LogP contribution in [-0.2, 0) is 4.74 Å². The maximum atomic E-state index is 11.2. The number of rotatable bonds is 3. The molecule has 1 saturated heterocycles. The van der Waals surface area contributed by atoms with Gasteiger partial charge in [-0.05, 0) is 5.92 Å². The summed E-state index contributed by atoms with van der Waals surface area (Å²) >= 11 is 0. The Hall–Kier alpha value is -1.92. The standard InChI is InChI=1S/C11H13N3O5/c1-2-5-7(10(12)18)13-4-14(5)11-9(17)8(16)6(3-15)19-11/h1,4,6,8-9,11,15-17H,3H2,(H2,12,18)/t6-,8-,9-,11-/m1/s1/i4T. The van der Waals surface area contributed by atoms with Crippen molar-refractivity contribution in [3.8, 4) is 12.3 Å². The van der Waals surface area contributed by atoms with Gasteiger partial charge in [-0.25, -0.2) is 4.98 Å². The molecule has 1 aliphatic rings. The van der Waals surface area contributed by atoms with E-state index in [-0.39, 0.29) is 11.4 Å². The lowest BCUT2D eigenvalue weighted by atomic mass is 10.1. The van der Waals surface area contributed by atoms with Crippen LogP contribution in [0.2, 0.25) is 0 Å². The third-order valence-electron chi connectivity index (χ3n) is 2.88. The Balaban J connectivity index is 2.49. The molecule has 8 heteroatoms. The molecule has 1 aromatic rings. The van der Waals surface area contributed by atoms with Crippen molar-refractivity contribution in [1.29, 1.82) is 0 Å². The first kappa shape index (κ1) is 12.1.